The lowest BCUT2D eigenvalue weighted by Crippen LogP contribution is -2.41. The molecule has 1 fully saturated rings. The Morgan fingerprint density at radius 3 is 2.43 bits per heavy atom. The number of nitrogens with zero attached hydrogens (tertiary/aromatic N) is 2. The zero-order valence-electron chi connectivity index (χ0n) is 16.6. The Kier molecular flexibility index (Phi) is 5.03. The average molecular weight is 431 g/mol. The first kappa shape index (κ1) is 20.0. The monoisotopic (exact) mass is 430 g/mol. The number of carbonyl (C=O) groups excluding carboxylic acids is 2. The van der Waals surface area contributed by atoms with Crippen LogP contribution in [0.3, 0.4) is 0 Å². The first-order chi connectivity index (χ1) is 14.4. The van der Waals surface area contributed by atoms with Gasteiger partial charge in [0.05, 0.1) is 39.1 Å². The molecule has 2 aliphatic heterocycles. The Morgan fingerprint density at radius 1 is 1.00 bits per heavy atom. The molecule has 156 valence electrons. The van der Waals surface area contributed by atoms with E-state index >= 15 is 0 Å². The number of carbonyl (C=O) groups is 2. The first-order valence-corrected chi connectivity index (χ1v) is 9.48. The zero-order valence-corrected chi connectivity index (χ0v) is 17.4. The van der Waals surface area contributed by atoms with Gasteiger partial charge in [-0.05, 0) is 36.4 Å². The van der Waals surface area contributed by atoms with Crippen LogP contribution in [0.1, 0.15) is 18.4 Å². The summed E-state index contributed by atoms with van der Waals surface area (Å²) >= 11 is 6.08. The lowest BCUT2D eigenvalue weighted by molar-refractivity contribution is -0.136. The third-order valence-corrected chi connectivity index (χ3v) is 5.40. The molecule has 30 heavy (non-hydrogen) atoms. The van der Waals surface area contributed by atoms with Crippen molar-refractivity contribution in [3.63, 3.8) is 0 Å². The summed E-state index contributed by atoms with van der Waals surface area (Å²) in [5, 5.41) is 4.50. The number of anilines is 1. The summed E-state index contributed by atoms with van der Waals surface area (Å²) < 4.78 is 16.0. The largest absolute Gasteiger partial charge is 0.497 e. The van der Waals surface area contributed by atoms with Crippen molar-refractivity contribution in [1.29, 1.82) is 0 Å². The van der Waals surface area contributed by atoms with Crippen molar-refractivity contribution >= 4 is 34.8 Å². The van der Waals surface area contributed by atoms with E-state index in [-0.39, 0.29) is 18.5 Å². The molecule has 9 heteroatoms. The SMILES string of the molecule is COc1ccc(OC)c(C2=NOC3(CC(=O)N(c4cc(Cl)ccc4OC)C3=O)C2)c1. The van der Waals surface area contributed by atoms with Crippen LogP contribution in [-0.2, 0) is 14.4 Å². The van der Waals surface area contributed by atoms with Crippen LogP contribution in [-0.4, -0.2) is 44.5 Å². The van der Waals surface area contributed by atoms with E-state index in [1.54, 1.807) is 37.4 Å². The van der Waals surface area contributed by atoms with Crippen molar-refractivity contribution in [2.24, 2.45) is 5.16 Å². The lowest BCUT2D eigenvalue weighted by Gasteiger charge is -2.21. The first-order valence-electron chi connectivity index (χ1n) is 9.11. The summed E-state index contributed by atoms with van der Waals surface area (Å²) in [5.74, 6) is 0.573. The van der Waals surface area contributed by atoms with Crippen LogP contribution in [0, 0.1) is 0 Å². The van der Waals surface area contributed by atoms with Gasteiger partial charge in [-0.15, -0.1) is 0 Å². The van der Waals surface area contributed by atoms with Gasteiger partial charge < -0.3 is 19.0 Å². The molecule has 0 saturated carbocycles. The smallest absolute Gasteiger partial charge is 0.281 e. The highest BCUT2D eigenvalue weighted by Gasteiger charge is 2.58. The Balaban J connectivity index is 1.67. The van der Waals surface area contributed by atoms with Gasteiger partial charge in [0, 0.05) is 17.0 Å². The molecule has 4 rings (SSSR count). The third-order valence-electron chi connectivity index (χ3n) is 5.16. The molecule has 1 atom stereocenters. The fourth-order valence-electron chi connectivity index (χ4n) is 3.67. The summed E-state index contributed by atoms with van der Waals surface area (Å²) in [4.78, 5) is 32.8. The molecule has 2 heterocycles. The van der Waals surface area contributed by atoms with Crippen LogP contribution in [0.25, 0.3) is 0 Å². The van der Waals surface area contributed by atoms with E-state index in [2.05, 4.69) is 5.16 Å². The Morgan fingerprint density at radius 2 is 1.73 bits per heavy atom. The lowest BCUT2D eigenvalue weighted by atomic mass is 9.92. The van der Waals surface area contributed by atoms with E-state index in [1.165, 1.54) is 20.3 Å². The normalized spacial score (nSPS) is 20.4. The van der Waals surface area contributed by atoms with Crippen LogP contribution in [0.2, 0.25) is 5.02 Å². The average Bonchev–Trinajstić information content (AvgIpc) is 3.28. The molecule has 2 aromatic rings. The molecular weight excluding hydrogens is 412 g/mol. The third kappa shape index (κ3) is 3.13. The second kappa shape index (κ2) is 7.53. The van der Waals surface area contributed by atoms with Gasteiger partial charge in [0.1, 0.15) is 17.2 Å². The Labute approximate surface area is 177 Å². The second-order valence-corrected chi connectivity index (χ2v) is 7.33. The van der Waals surface area contributed by atoms with Gasteiger partial charge in [-0.2, -0.15) is 0 Å². The molecule has 1 spiro atoms. The van der Waals surface area contributed by atoms with Crippen LogP contribution < -0.4 is 19.1 Å². The minimum absolute atomic E-state index is 0.112. The van der Waals surface area contributed by atoms with Gasteiger partial charge in [0.2, 0.25) is 11.5 Å². The number of oxime groups is 1. The number of ether oxygens (including phenoxy) is 3. The Hall–Kier alpha value is -3.26. The van der Waals surface area contributed by atoms with E-state index in [0.29, 0.717) is 33.5 Å². The summed E-state index contributed by atoms with van der Waals surface area (Å²) in [6, 6.07) is 9.98. The molecule has 0 aliphatic carbocycles. The number of benzene rings is 2. The highest BCUT2D eigenvalue weighted by atomic mass is 35.5. The van der Waals surface area contributed by atoms with Crippen molar-refractivity contribution in [2.45, 2.75) is 18.4 Å². The maximum atomic E-state index is 13.3. The Bertz CT molecular complexity index is 1070. The highest BCUT2D eigenvalue weighted by Crippen LogP contribution is 2.43. The van der Waals surface area contributed by atoms with Crippen LogP contribution in [0.5, 0.6) is 17.2 Å². The molecule has 2 amide bonds. The standard InChI is InChI=1S/C21H19ClN2O6/c1-27-13-5-7-17(28-2)14(9-13)15-10-21(30-23-15)11-19(25)24(20(21)26)16-8-12(22)4-6-18(16)29-3/h4-9H,10-11H2,1-3H3. The van der Waals surface area contributed by atoms with Crippen molar-refractivity contribution in [3.05, 3.63) is 47.0 Å². The molecule has 1 unspecified atom stereocenters. The molecule has 1 saturated heterocycles. The van der Waals surface area contributed by atoms with E-state index in [0.717, 1.165) is 4.90 Å². The van der Waals surface area contributed by atoms with Gasteiger partial charge in [-0.1, -0.05) is 16.8 Å². The van der Waals surface area contributed by atoms with E-state index < -0.39 is 17.4 Å². The zero-order chi connectivity index (χ0) is 21.5. The number of amides is 2. The fraction of sp³-hybridized carbons (Fsp3) is 0.286. The van der Waals surface area contributed by atoms with Crippen LogP contribution in [0.4, 0.5) is 5.69 Å². The van der Waals surface area contributed by atoms with E-state index in [4.69, 9.17) is 30.6 Å². The highest BCUT2D eigenvalue weighted by molar-refractivity contribution is 6.32. The molecule has 2 aromatic carbocycles. The van der Waals surface area contributed by atoms with Gasteiger partial charge >= 0.3 is 0 Å². The summed E-state index contributed by atoms with van der Waals surface area (Å²) in [7, 11) is 4.54. The molecular formula is C21H19ClN2O6. The predicted molar refractivity (Wildman–Crippen MR) is 110 cm³/mol. The van der Waals surface area contributed by atoms with Crippen molar-refractivity contribution in [2.75, 3.05) is 26.2 Å². The molecule has 2 aliphatic rings. The molecule has 0 radical (unpaired) electrons. The van der Waals surface area contributed by atoms with Crippen LogP contribution in [0.15, 0.2) is 41.6 Å². The summed E-state index contributed by atoms with van der Waals surface area (Å²) in [6.45, 7) is 0. The van der Waals surface area contributed by atoms with Crippen LogP contribution >= 0.6 is 11.6 Å². The van der Waals surface area contributed by atoms with E-state index in [1.807, 2.05) is 0 Å². The molecule has 8 nitrogen and oxygen atoms in total. The molecule has 0 aromatic heterocycles. The maximum Gasteiger partial charge on any atom is 0.281 e. The van der Waals surface area contributed by atoms with Gasteiger partial charge in [-0.25, -0.2) is 4.90 Å². The van der Waals surface area contributed by atoms with Gasteiger partial charge in [-0.3, -0.25) is 9.59 Å². The van der Waals surface area contributed by atoms with E-state index in [9.17, 15) is 9.59 Å². The summed E-state index contributed by atoms with van der Waals surface area (Å²) in [6.07, 6.45) is -0.0404. The van der Waals surface area contributed by atoms with Crippen molar-refractivity contribution in [1.82, 2.24) is 0 Å². The number of imide groups is 1. The summed E-state index contributed by atoms with van der Waals surface area (Å²) in [5.41, 5.74) is -0.0270. The van der Waals surface area contributed by atoms with Gasteiger partial charge in [0.15, 0.2) is 0 Å². The molecule has 0 bridgehead atoms. The number of rotatable bonds is 5. The number of hydrogen-bond acceptors (Lipinski definition) is 7. The predicted octanol–water partition coefficient (Wildman–Crippen LogP) is 3.19. The van der Waals surface area contributed by atoms with Gasteiger partial charge in [0.25, 0.3) is 5.91 Å². The minimum atomic E-state index is -1.42. The quantitative estimate of drug-likeness (QED) is 0.677. The fourth-order valence-corrected chi connectivity index (χ4v) is 3.83. The number of methoxy groups -OCH3 is 3. The van der Waals surface area contributed by atoms with Crippen molar-refractivity contribution in [3.8, 4) is 17.2 Å². The number of halogens is 1. The molecule has 0 N–H and O–H groups in total. The minimum Gasteiger partial charge on any atom is -0.497 e. The second-order valence-electron chi connectivity index (χ2n) is 6.89. The van der Waals surface area contributed by atoms with Crippen molar-refractivity contribution < 1.29 is 28.6 Å². The number of hydrogen-bond donors (Lipinski definition) is 0. The maximum absolute atomic E-state index is 13.3. The topological polar surface area (TPSA) is 86.7 Å².